The molecular formula is C24H24F2N2O2. The minimum Gasteiger partial charge on any atom is -0.489 e. The maximum absolute atomic E-state index is 14.7. The van der Waals surface area contributed by atoms with E-state index in [2.05, 4.69) is 16.5 Å². The predicted octanol–water partition coefficient (Wildman–Crippen LogP) is 5.70. The van der Waals surface area contributed by atoms with Crippen LogP contribution in [-0.4, -0.2) is 27.8 Å². The van der Waals surface area contributed by atoms with Crippen LogP contribution in [0.15, 0.2) is 55.3 Å². The Hall–Kier alpha value is -3.12. The zero-order chi connectivity index (χ0) is 21.5. The van der Waals surface area contributed by atoms with Crippen LogP contribution in [0.5, 0.6) is 5.75 Å². The van der Waals surface area contributed by atoms with Crippen molar-refractivity contribution in [3.05, 3.63) is 72.5 Å². The molecule has 0 radical (unpaired) electrons. The van der Waals surface area contributed by atoms with E-state index in [-0.39, 0.29) is 22.9 Å². The minimum atomic E-state index is -0.958. The van der Waals surface area contributed by atoms with Gasteiger partial charge in [-0.05, 0) is 44.4 Å². The molecule has 1 heterocycles. The van der Waals surface area contributed by atoms with E-state index >= 15 is 0 Å². The molecule has 30 heavy (non-hydrogen) atoms. The summed E-state index contributed by atoms with van der Waals surface area (Å²) in [4.78, 5) is 8.73. The molecule has 0 fully saturated rings. The van der Waals surface area contributed by atoms with Crippen LogP contribution in [0, 0.1) is 11.6 Å². The van der Waals surface area contributed by atoms with Crippen LogP contribution in [0.1, 0.15) is 31.7 Å². The molecule has 0 aliphatic carbocycles. The Morgan fingerprint density at radius 1 is 1.17 bits per heavy atom. The first-order chi connectivity index (χ1) is 14.5. The summed E-state index contributed by atoms with van der Waals surface area (Å²) in [5, 5.41) is 9.25. The molecule has 0 saturated carbocycles. The highest BCUT2D eigenvalue weighted by molar-refractivity contribution is 5.78. The molecule has 3 aromatic rings. The third-order valence-electron chi connectivity index (χ3n) is 4.56. The van der Waals surface area contributed by atoms with Gasteiger partial charge in [-0.15, -0.1) is 0 Å². The van der Waals surface area contributed by atoms with E-state index in [0.29, 0.717) is 36.2 Å². The van der Waals surface area contributed by atoms with Crippen molar-refractivity contribution in [2.24, 2.45) is 0 Å². The Labute approximate surface area is 174 Å². The van der Waals surface area contributed by atoms with Gasteiger partial charge in [0, 0.05) is 17.2 Å². The van der Waals surface area contributed by atoms with Gasteiger partial charge < -0.3 is 9.84 Å². The lowest BCUT2D eigenvalue weighted by Gasteiger charge is -2.08. The van der Waals surface area contributed by atoms with Crippen molar-refractivity contribution in [1.29, 1.82) is 0 Å². The van der Waals surface area contributed by atoms with Gasteiger partial charge in [0.2, 0.25) is 0 Å². The topological polar surface area (TPSA) is 55.2 Å². The molecule has 156 valence electrons. The van der Waals surface area contributed by atoms with Crippen molar-refractivity contribution >= 4 is 17.1 Å². The van der Waals surface area contributed by atoms with Crippen LogP contribution < -0.4 is 4.74 Å². The molecule has 6 heteroatoms. The summed E-state index contributed by atoms with van der Waals surface area (Å²) in [6.07, 6.45) is 8.17. The Morgan fingerprint density at radius 3 is 2.77 bits per heavy atom. The third kappa shape index (κ3) is 5.27. The number of halogens is 2. The molecular weight excluding hydrogens is 386 g/mol. The summed E-state index contributed by atoms with van der Waals surface area (Å²) in [5.74, 6) is -1.25. The van der Waals surface area contributed by atoms with Gasteiger partial charge in [0.15, 0.2) is 11.6 Å². The van der Waals surface area contributed by atoms with E-state index in [1.165, 1.54) is 18.3 Å². The molecule has 1 atom stereocenters. The van der Waals surface area contributed by atoms with Gasteiger partial charge in [0.1, 0.15) is 12.4 Å². The molecule has 0 amide bonds. The SMILES string of the molecule is C=CCOc1ccc2nc(-c3ccc(C=CCCCC(C)O)c(F)c3F)cnc2c1. The Bertz CT molecular complexity index is 1060. The van der Waals surface area contributed by atoms with Crippen LogP contribution in [0.4, 0.5) is 8.78 Å². The maximum atomic E-state index is 14.7. The average molecular weight is 410 g/mol. The smallest absolute Gasteiger partial charge is 0.168 e. The predicted molar refractivity (Wildman–Crippen MR) is 115 cm³/mol. The summed E-state index contributed by atoms with van der Waals surface area (Å²) < 4.78 is 34.7. The lowest BCUT2D eigenvalue weighted by molar-refractivity contribution is 0.182. The number of hydrogen-bond donors (Lipinski definition) is 1. The number of nitrogens with zero attached hydrogens (tertiary/aromatic N) is 2. The summed E-state index contributed by atoms with van der Waals surface area (Å²) >= 11 is 0. The number of aromatic nitrogens is 2. The molecule has 3 rings (SSSR count). The van der Waals surface area contributed by atoms with E-state index in [1.54, 1.807) is 43.4 Å². The lowest BCUT2D eigenvalue weighted by Crippen LogP contribution is -1.98. The number of ether oxygens (including phenoxy) is 1. The minimum absolute atomic E-state index is 0.0557. The molecule has 0 bridgehead atoms. The van der Waals surface area contributed by atoms with Gasteiger partial charge in [-0.25, -0.2) is 13.8 Å². The van der Waals surface area contributed by atoms with Gasteiger partial charge in [0.25, 0.3) is 0 Å². The van der Waals surface area contributed by atoms with E-state index in [4.69, 9.17) is 4.74 Å². The molecule has 4 nitrogen and oxygen atoms in total. The number of aliphatic hydroxyl groups excluding tert-OH is 1. The fourth-order valence-corrected chi connectivity index (χ4v) is 3.00. The first-order valence-corrected chi connectivity index (χ1v) is 9.83. The highest BCUT2D eigenvalue weighted by Crippen LogP contribution is 2.27. The molecule has 1 N–H and O–H groups in total. The standard InChI is InChI=1S/C24H24F2N2O2/c1-3-13-30-18-10-12-20-21(14-18)27-15-22(28-20)19-11-9-17(23(25)24(19)26)8-6-4-5-7-16(2)29/h3,6,8-12,14-16,29H,1,4-5,7,13H2,2H3. The second kappa shape index (κ2) is 10.1. The van der Waals surface area contributed by atoms with Crippen LogP contribution >= 0.6 is 0 Å². The van der Waals surface area contributed by atoms with Crippen molar-refractivity contribution in [3.63, 3.8) is 0 Å². The largest absolute Gasteiger partial charge is 0.489 e. The monoisotopic (exact) mass is 410 g/mol. The summed E-state index contributed by atoms with van der Waals surface area (Å²) in [7, 11) is 0. The van der Waals surface area contributed by atoms with Crippen LogP contribution in [0.2, 0.25) is 0 Å². The van der Waals surface area contributed by atoms with Gasteiger partial charge in [-0.3, -0.25) is 4.98 Å². The summed E-state index contributed by atoms with van der Waals surface area (Å²) in [6, 6.07) is 8.23. The summed E-state index contributed by atoms with van der Waals surface area (Å²) in [6.45, 7) is 5.71. The first kappa shape index (κ1) is 21.6. The third-order valence-corrected chi connectivity index (χ3v) is 4.56. The average Bonchev–Trinajstić information content (AvgIpc) is 2.74. The lowest BCUT2D eigenvalue weighted by atomic mass is 10.1. The number of benzene rings is 2. The first-order valence-electron chi connectivity index (χ1n) is 9.83. The van der Waals surface area contributed by atoms with Gasteiger partial charge in [-0.2, -0.15) is 0 Å². The van der Waals surface area contributed by atoms with Crippen LogP contribution in [0.3, 0.4) is 0 Å². The van der Waals surface area contributed by atoms with Crippen molar-refractivity contribution in [3.8, 4) is 17.0 Å². The number of hydrogen-bond acceptors (Lipinski definition) is 4. The molecule has 0 spiro atoms. The molecule has 0 aliphatic heterocycles. The van der Waals surface area contributed by atoms with Crippen LogP contribution in [-0.2, 0) is 0 Å². The second-order valence-corrected chi connectivity index (χ2v) is 7.02. The molecule has 2 aromatic carbocycles. The molecule has 0 saturated heterocycles. The summed E-state index contributed by atoms with van der Waals surface area (Å²) in [5.41, 5.74) is 1.63. The van der Waals surface area contributed by atoms with Gasteiger partial charge >= 0.3 is 0 Å². The number of rotatable bonds is 9. The highest BCUT2D eigenvalue weighted by Gasteiger charge is 2.15. The fourth-order valence-electron chi connectivity index (χ4n) is 3.00. The molecule has 0 aliphatic rings. The van der Waals surface area contributed by atoms with Crippen molar-refractivity contribution < 1.29 is 18.6 Å². The number of aliphatic hydroxyl groups is 1. The Morgan fingerprint density at radius 2 is 2.00 bits per heavy atom. The van der Waals surface area contributed by atoms with E-state index in [0.717, 1.165) is 6.42 Å². The Kier molecular flexibility index (Phi) is 7.25. The van der Waals surface area contributed by atoms with E-state index in [1.807, 2.05) is 0 Å². The zero-order valence-electron chi connectivity index (χ0n) is 16.8. The quantitative estimate of drug-likeness (QED) is 0.363. The number of unbranched alkanes of at least 4 members (excludes halogenated alkanes) is 1. The van der Waals surface area contributed by atoms with Crippen molar-refractivity contribution in [2.45, 2.75) is 32.3 Å². The maximum Gasteiger partial charge on any atom is 0.168 e. The zero-order valence-corrected chi connectivity index (χ0v) is 16.8. The number of fused-ring (bicyclic) bond motifs is 1. The second-order valence-electron chi connectivity index (χ2n) is 7.02. The molecule has 1 unspecified atom stereocenters. The van der Waals surface area contributed by atoms with E-state index < -0.39 is 11.6 Å². The van der Waals surface area contributed by atoms with Crippen molar-refractivity contribution in [2.75, 3.05) is 6.61 Å². The normalized spacial score (nSPS) is 12.4. The fraction of sp³-hybridized carbons (Fsp3) is 0.250. The van der Waals surface area contributed by atoms with Crippen LogP contribution in [0.25, 0.3) is 28.4 Å². The Balaban J connectivity index is 1.81. The number of allylic oxidation sites excluding steroid dienone is 1. The molecule has 1 aromatic heterocycles. The highest BCUT2D eigenvalue weighted by atomic mass is 19.2. The van der Waals surface area contributed by atoms with Gasteiger partial charge in [-0.1, -0.05) is 30.9 Å². The van der Waals surface area contributed by atoms with E-state index in [9.17, 15) is 13.9 Å². The van der Waals surface area contributed by atoms with Crippen molar-refractivity contribution in [1.82, 2.24) is 9.97 Å². The van der Waals surface area contributed by atoms with Gasteiger partial charge in [0.05, 0.1) is 29.0 Å².